The first-order valence-electron chi connectivity index (χ1n) is 9.50. The summed E-state index contributed by atoms with van der Waals surface area (Å²) in [5.74, 6) is 0. The average molecular weight is 406 g/mol. The van der Waals surface area contributed by atoms with E-state index < -0.39 is 23.4 Å². The molecule has 4 nitrogen and oxygen atoms in total. The van der Waals surface area contributed by atoms with Gasteiger partial charge in [0.1, 0.15) is 5.60 Å². The van der Waals surface area contributed by atoms with Gasteiger partial charge in [-0.15, -0.1) is 0 Å². The predicted molar refractivity (Wildman–Crippen MR) is 106 cm³/mol. The Kier molecular flexibility index (Phi) is 5.78. The molecule has 2 aromatic carbocycles. The van der Waals surface area contributed by atoms with Gasteiger partial charge in [-0.25, -0.2) is 4.79 Å². The van der Waals surface area contributed by atoms with Gasteiger partial charge in [-0.3, -0.25) is 0 Å². The molecule has 3 rings (SSSR count). The summed E-state index contributed by atoms with van der Waals surface area (Å²) in [5, 5.41) is 2.85. The SMILES string of the molecule is CC(C)(C)OC(=O)NC1Cc2ccc(C(F)(F)F)cc2N(Cc2ccccc2)C1. The number of benzene rings is 2. The highest BCUT2D eigenvalue weighted by Gasteiger charge is 2.34. The summed E-state index contributed by atoms with van der Waals surface area (Å²) in [6.07, 6.45) is -4.49. The van der Waals surface area contributed by atoms with Crippen LogP contribution in [0.2, 0.25) is 0 Å². The number of halogens is 3. The number of rotatable bonds is 3. The number of nitrogens with one attached hydrogen (secondary N) is 1. The van der Waals surface area contributed by atoms with Crippen LogP contribution in [0.15, 0.2) is 48.5 Å². The molecular weight excluding hydrogens is 381 g/mol. The van der Waals surface area contributed by atoms with E-state index in [0.29, 0.717) is 25.2 Å². The van der Waals surface area contributed by atoms with Crippen molar-refractivity contribution >= 4 is 11.8 Å². The van der Waals surface area contributed by atoms with Crippen LogP contribution >= 0.6 is 0 Å². The normalized spacial score (nSPS) is 16.9. The lowest BCUT2D eigenvalue weighted by molar-refractivity contribution is -0.137. The van der Waals surface area contributed by atoms with E-state index in [1.807, 2.05) is 35.2 Å². The van der Waals surface area contributed by atoms with E-state index in [0.717, 1.165) is 17.2 Å². The summed E-state index contributed by atoms with van der Waals surface area (Å²) in [6, 6.07) is 13.1. The number of nitrogens with zero attached hydrogens (tertiary/aromatic N) is 1. The molecule has 0 aromatic heterocycles. The number of fused-ring (bicyclic) bond motifs is 1. The van der Waals surface area contributed by atoms with Crippen LogP contribution in [0.3, 0.4) is 0 Å². The number of amides is 1. The topological polar surface area (TPSA) is 41.6 Å². The molecule has 1 unspecified atom stereocenters. The van der Waals surface area contributed by atoms with Gasteiger partial charge in [0.2, 0.25) is 0 Å². The fourth-order valence-electron chi connectivity index (χ4n) is 3.43. The summed E-state index contributed by atoms with van der Waals surface area (Å²) < 4.78 is 45.0. The number of carbonyl (C=O) groups excluding carboxylic acids is 1. The first kappa shape index (κ1) is 21.0. The molecule has 0 saturated heterocycles. The first-order chi connectivity index (χ1) is 13.5. The van der Waals surface area contributed by atoms with Crippen LogP contribution in [0.4, 0.5) is 23.7 Å². The lowest BCUT2D eigenvalue weighted by Gasteiger charge is -2.37. The van der Waals surface area contributed by atoms with Gasteiger partial charge in [0.05, 0.1) is 11.6 Å². The van der Waals surface area contributed by atoms with Gasteiger partial charge in [-0.2, -0.15) is 13.2 Å². The van der Waals surface area contributed by atoms with Crippen molar-refractivity contribution in [2.24, 2.45) is 0 Å². The third-order valence-electron chi connectivity index (χ3n) is 4.60. The lowest BCUT2D eigenvalue weighted by Crippen LogP contribution is -2.49. The monoisotopic (exact) mass is 406 g/mol. The van der Waals surface area contributed by atoms with E-state index in [1.54, 1.807) is 20.8 Å². The summed E-state index contributed by atoms with van der Waals surface area (Å²) in [7, 11) is 0. The summed E-state index contributed by atoms with van der Waals surface area (Å²) in [5.41, 5.74) is 0.996. The molecule has 1 heterocycles. The van der Waals surface area contributed by atoms with Crippen LogP contribution in [-0.4, -0.2) is 24.3 Å². The standard InChI is InChI=1S/C22H25F3N2O2/c1-21(2,3)29-20(28)26-18-11-16-9-10-17(22(23,24)25)12-19(16)27(14-18)13-15-7-5-4-6-8-15/h4-10,12,18H,11,13-14H2,1-3H3,(H,26,28). The number of alkyl carbamates (subject to hydrolysis) is 1. The zero-order valence-corrected chi connectivity index (χ0v) is 16.7. The molecule has 0 saturated carbocycles. The smallest absolute Gasteiger partial charge is 0.416 e. The minimum Gasteiger partial charge on any atom is -0.444 e. The van der Waals surface area contributed by atoms with E-state index >= 15 is 0 Å². The van der Waals surface area contributed by atoms with Crippen molar-refractivity contribution in [2.75, 3.05) is 11.4 Å². The van der Waals surface area contributed by atoms with Crippen molar-refractivity contribution in [1.82, 2.24) is 5.32 Å². The Labute approximate surface area is 168 Å². The third kappa shape index (κ3) is 5.65. The molecule has 0 bridgehead atoms. The maximum atomic E-state index is 13.2. The summed E-state index contributed by atoms with van der Waals surface area (Å²) >= 11 is 0. The zero-order chi connectivity index (χ0) is 21.2. The number of alkyl halides is 3. The molecule has 1 amide bonds. The molecule has 7 heteroatoms. The average Bonchev–Trinajstić information content (AvgIpc) is 2.59. The van der Waals surface area contributed by atoms with Crippen LogP contribution in [0.1, 0.15) is 37.5 Å². The van der Waals surface area contributed by atoms with Crippen molar-refractivity contribution in [2.45, 2.75) is 51.6 Å². The third-order valence-corrected chi connectivity index (χ3v) is 4.60. The lowest BCUT2D eigenvalue weighted by atomic mass is 9.95. The maximum Gasteiger partial charge on any atom is 0.416 e. The van der Waals surface area contributed by atoms with Crippen LogP contribution in [0, 0.1) is 0 Å². The molecular formula is C22H25F3N2O2. The molecule has 1 atom stereocenters. The van der Waals surface area contributed by atoms with E-state index in [4.69, 9.17) is 4.74 Å². The van der Waals surface area contributed by atoms with Crippen molar-refractivity contribution in [3.63, 3.8) is 0 Å². The Bertz CT molecular complexity index is 861. The van der Waals surface area contributed by atoms with Gasteiger partial charge in [0.15, 0.2) is 0 Å². The highest BCUT2D eigenvalue weighted by Crippen LogP contribution is 2.36. The molecule has 0 radical (unpaired) electrons. The highest BCUT2D eigenvalue weighted by atomic mass is 19.4. The minimum absolute atomic E-state index is 0.266. The van der Waals surface area contributed by atoms with Crippen molar-refractivity contribution in [3.05, 3.63) is 65.2 Å². The Balaban J connectivity index is 1.87. The second-order valence-electron chi connectivity index (χ2n) is 8.25. The van der Waals surface area contributed by atoms with Crippen LogP contribution in [-0.2, 0) is 23.9 Å². The van der Waals surface area contributed by atoms with E-state index in [-0.39, 0.29) is 6.04 Å². The second kappa shape index (κ2) is 7.97. The largest absolute Gasteiger partial charge is 0.444 e. The Morgan fingerprint density at radius 2 is 1.83 bits per heavy atom. The molecule has 1 aliphatic heterocycles. The fraction of sp³-hybridized carbons (Fsp3) is 0.409. The Morgan fingerprint density at radius 1 is 1.14 bits per heavy atom. The van der Waals surface area contributed by atoms with Crippen LogP contribution < -0.4 is 10.2 Å². The summed E-state index contributed by atoms with van der Waals surface area (Å²) in [4.78, 5) is 14.1. The molecule has 0 spiro atoms. The van der Waals surface area contributed by atoms with Crippen LogP contribution in [0.25, 0.3) is 0 Å². The summed E-state index contributed by atoms with van der Waals surface area (Å²) in [6.45, 7) is 6.18. The molecule has 0 fully saturated rings. The van der Waals surface area contributed by atoms with Crippen molar-refractivity contribution in [1.29, 1.82) is 0 Å². The van der Waals surface area contributed by atoms with Crippen LogP contribution in [0.5, 0.6) is 0 Å². The Hall–Kier alpha value is -2.70. The van der Waals surface area contributed by atoms with E-state index in [9.17, 15) is 18.0 Å². The van der Waals surface area contributed by atoms with Gasteiger partial charge in [-0.05, 0) is 50.5 Å². The number of carbonyl (C=O) groups is 1. The molecule has 0 aliphatic carbocycles. The van der Waals surface area contributed by atoms with Crippen molar-refractivity contribution in [3.8, 4) is 0 Å². The highest BCUT2D eigenvalue weighted by molar-refractivity contribution is 5.69. The van der Waals surface area contributed by atoms with E-state index in [1.165, 1.54) is 12.1 Å². The number of hydrogen-bond donors (Lipinski definition) is 1. The van der Waals surface area contributed by atoms with Gasteiger partial charge < -0.3 is 15.0 Å². The molecule has 156 valence electrons. The fourth-order valence-corrected chi connectivity index (χ4v) is 3.43. The predicted octanol–water partition coefficient (Wildman–Crippen LogP) is 5.16. The quantitative estimate of drug-likeness (QED) is 0.765. The van der Waals surface area contributed by atoms with Gasteiger partial charge in [0.25, 0.3) is 0 Å². The molecule has 1 N–H and O–H groups in total. The second-order valence-corrected chi connectivity index (χ2v) is 8.25. The molecule has 29 heavy (non-hydrogen) atoms. The Morgan fingerprint density at radius 3 is 2.45 bits per heavy atom. The van der Waals surface area contributed by atoms with Gasteiger partial charge in [0, 0.05) is 18.8 Å². The maximum absolute atomic E-state index is 13.2. The first-order valence-corrected chi connectivity index (χ1v) is 9.50. The molecule has 2 aromatic rings. The van der Waals surface area contributed by atoms with Gasteiger partial charge in [-0.1, -0.05) is 36.4 Å². The number of hydrogen-bond acceptors (Lipinski definition) is 3. The minimum atomic E-state index is -4.40. The number of anilines is 1. The van der Waals surface area contributed by atoms with Crippen molar-refractivity contribution < 1.29 is 22.7 Å². The van der Waals surface area contributed by atoms with E-state index in [2.05, 4.69) is 5.32 Å². The molecule has 1 aliphatic rings. The zero-order valence-electron chi connectivity index (χ0n) is 16.7. The number of ether oxygens (including phenoxy) is 1. The van der Waals surface area contributed by atoms with Gasteiger partial charge >= 0.3 is 12.3 Å².